The van der Waals surface area contributed by atoms with Crippen molar-refractivity contribution in [1.82, 2.24) is 9.88 Å². The molecule has 8 heteroatoms. The van der Waals surface area contributed by atoms with E-state index in [2.05, 4.69) is 10.3 Å². The molecule has 0 saturated carbocycles. The molecule has 1 aliphatic rings. The summed E-state index contributed by atoms with van der Waals surface area (Å²) in [5.41, 5.74) is 0.880. The van der Waals surface area contributed by atoms with Crippen LogP contribution in [0.5, 0.6) is 5.75 Å². The number of aliphatic imine (C=N–C) groups is 1. The van der Waals surface area contributed by atoms with Crippen molar-refractivity contribution in [3.05, 3.63) is 52.7 Å². The van der Waals surface area contributed by atoms with Crippen molar-refractivity contribution in [1.29, 1.82) is 0 Å². The monoisotopic (exact) mass is 343 g/mol. The average molecular weight is 343 g/mol. The Morgan fingerprint density at radius 3 is 2.83 bits per heavy atom. The van der Waals surface area contributed by atoms with Gasteiger partial charge in [0.2, 0.25) is 0 Å². The van der Waals surface area contributed by atoms with Gasteiger partial charge in [-0.25, -0.2) is 9.79 Å². The normalized spacial score (nSPS) is 17.5. The lowest BCUT2D eigenvalue weighted by Crippen LogP contribution is -2.19. The van der Waals surface area contributed by atoms with Gasteiger partial charge in [-0.3, -0.25) is 4.79 Å². The number of nitrogens with zero attached hydrogens (tertiary/aromatic N) is 2. The lowest BCUT2D eigenvalue weighted by Gasteiger charge is -2.02. The number of aromatic hydroxyl groups is 1. The molecule has 0 unspecified atom stereocenters. The van der Waals surface area contributed by atoms with Crippen molar-refractivity contribution in [2.75, 3.05) is 0 Å². The number of phenols is 1. The van der Waals surface area contributed by atoms with Crippen LogP contribution in [0.2, 0.25) is 0 Å². The Kier molecular flexibility index (Phi) is 4.13. The van der Waals surface area contributed by atoms with Crippen LogP contribution < -0.4 is 5.32 Å². The van der Waals surface area contributed by atoms with E-state index in [1.54, 1.807) is 6.08 Å². The highest BCUT2D eigenvalue weighted by atomic mass is 32.2. The molecule has 0 aliphatic carbocycles. The molecule has 1 fully saturated rings. The molecule has 122 valence electrons. The van der Waals surface area contributed by atoms with Gasteiger partial charge in [0.05, 0.1) is 16.2 Å². The molecule has 0 atom stereocenters. The molecule has 1 amide bonds. The number of carbonyl (C=O) groups is 2. The summed E-state index contributed by atoms with van der Waals surface area (Å²) in [6.45, 7) is 0. The first-order chi connectivity index (χ1) is 11.4. The number of hydrogen-bond acceptors (Lipinski definition) is 5. The lowest BCUT2D eigenvalue weighted by molar-refractivity contribution is -0.115. The molecule has 3 N–H and O–H groups in total. The lowest BCUT2D eigenvalue weighted by atomic mass is 10.2. The number of rotatable bonds is 3. The number of thioether (sulfide) groups is 1. The Bertz CT molecular complexity index is 898. The van der Waals surface area contributed by atoms with Crippen LogP contribution in [0.15, 0.2) is 46.4 Å². The SMILES string of the molecule is Cn1cccc1/C=C1\SC(=Nc2ccc(O)cc2C(=O)O)NC1=O. The molecule has 1 aromatic carbocycles. The number of amides is 1. The minimum atomic E-state index is -1.21. The maximum absolute atomic E-state index is 12.0. The molecule has 2 heterocycles. The third kappa shape index (κ3) is 3.18. The van der Waals surface area contributed by atoms with Gasteiger partial charge in [0.1, 0.15) is 5.75 Å². The van der Waals surface area contributed by atoms with E-state index in [-0.39, 0.29) is 28.1 Å². The number of carbonyl (C=O) groups excluding carboxylic acids is 1. The molecule has 1 aromatic heterocycles. The van der Waals surface area contributed by atoms with Gasteiger partial charge in [-0.15, -0.1) is 0 Å². The number of nitrogens with one attached hydrogen (secondary N) is 1. The van der Waals surface area contributed by atoms with Crippen molar-refractivity contribution < 1.29 is 19.8 Å². The van der Waals surface area contributed by atoms with Gasteiger partial charge in [-0.05, 0) is 48.2 Å². The first kappa shape index (κ1) is 15.9. The molecule has 1 saturated heterocycles. The second-order valence-electron chi connectivity index (χ2n) is 5.03. The maximum Gasteiger partial charge on any atom is 0.338 e. The number of aromatic carboxylic acids is 1. The largest absolute Gasteiger partial charge is 0.508 e. The third-order valence-corrected chi connectivity index (χ3v) is 4.26. The Balaban J connectivity index is 1.91. The predicted molar refractivity (Wildman–Crippen MR) is 91.3 cm³/mol. The fourth-order valence-corrected chi connectivity index (χ4v) is 2.96. The van der Waals surface area contributed by atoms with Crippen LogP contribution in [-0.2, 0) is 11.8 Å². The Labute approximate surface area is 141 Å². The van der Waals surface area contributed by atoms with Crippen molar-refractivity contribution in [2.45, 2.75) is 0 Å². The van der Waals surface area contributed by atoms with Crippen LogP contribution in [0.1, 0.15) is 16.1 Å². The van der Waals surface area contributed by atoms with E-state index in [1.807, 2.05) is 29.9 Å². The van der Waals surface area contributed by atoms with Crippen LogP contribution in [0.3, 0.4) is 0 Å². The van der Waals surface area contributed by atoms with Crippen molar-refractivity contribution in [3.63, 3.8) is 0 Å². The summed E-state index contributed by atoms with van der Waals surface area (Å²) in [5, 5.41) is 21.5. The van der Waals surface area contributed by atoms with Crippen molar-refractivity contribution in [2.24, 2.45) is 12.0 Å². The number of aryl methyl sites for hydroxylation is 1. The van der Waals surface area contributed by atoms with E-state index in [0.717, 1.165) is 23.5 Å². The fraction of sp³-hybridized carbons (Fsp3) is 0.0625. The van der Waals surface area contributed by atoms with Crippen LogP contribution in [0.25, 0.3) is 6.08 Å². The molecule has 0 spiro atoms. The highest BCUT2D eigenvalue weighted by Gasteiger charge is 2.24. The number of phenolic OH excluding ortho intramolecular Hbond substituents is 1. The van der Waals surface area contributed by atoms with E-state index in [4.69, 9.17) is 0 Å². The predicted octanol–water partition coefficient (Wildman–Crippen LogP) is 2.32. The number of hydrogen-bond donors (Lipinski definition) is 3. The van der Waals surface area contributed by atoms with E-state index in [9.17, 15) is 19.8 Å². The number of carboxylic acids is 1. The van der Waals surface area contributed by atoms with Crippen molar-refractivity contribution in [3.8, 4) is 5.75 Å². The molecule has 1 aliphatic heterocycles. The summed E-state index contributed by atoms with van der Waals surface area (Å²) in [5.74, 6) is -1.67. The fourth-order valence-electron chi connectivity index (χ4n) is 2.14. The molecular weight excluding hydrogens is 330 g/mol. The second kappa shape index (κ2) is 6.25. The molecule has 24 heavy (non-hydrogen) atoms. The molecule has 0 bridgehead atoms. The smallest absolute Gasteiger partial charge is 0.338 e. The third-order valence-electron chi connectivity index (χ3n) is 3.35. The zero-order valence-corrected chi connectivity index (χ0v) is 13.4. The Morgan fingerprint density at radius 1 is 1.38 bits per heavy atom. The van der Waals surface area contributed by atoms with E-state index in [0.29, 0.717) is 4.91 Å². The van der Waals surface area contributed by atoms with E-state index < -0.39 is 5.97 Å². The highest BCUT2D eigenvalue weighted by Crippen LogP contribution is 2.30. The summed E-state index contributed by atoms with van der Waals surface area (Å²) in [4.78, 5) is 27.9. The number of aromatic nitrogens is 1. The van der Waals surface area contributed by atoms with Gasteiger partial charge < -0.3 is 20.1 Å². The molecule has 0 radical (unpaired) electrons. The quantitative estimate of drug-likeness (QED) is 0.742. The molecule has 3 rings (SSSR count). The first-order valence-corrected chi connectivity index (χ1v) is 7.73. The van der Waals surface area contributed by atoms with E-state index in [1.165, 1.54) is 12.1 Å². The zero-order valence-electron chi connectivity index (χ0n) is 12.6. The van der Waals surface area contributed by atoms with Crippen LogP contribution in [-0.4, -0.2) is 31.8 Å². The van der Waals surface area contributed by atoms with Crippen LogP contribution >= 0.6 is 11.8 Å². The van der Waals surface area contributed by atoms with Crippen LogP contribution in [0, 0.1) is 0 Å². The van der Waals surface area contributed by atoms with Gasteiger partial charge in [0.15, 0.2) is 5.17 Å². The van der Waals surface area contributed by atoms with Gasteiger partial charge >= 0.3 is 5.97 Å². The Hall–Kier alpha value is -3.00. The number of benzene rings is 1. The summed E-state index contributed by atoms with van der Waals surface area (Å²) in [6, 6.07) is 7.59. The van der Waals surface area contributed by atoms with Crippen LogP contribution in [0.4, 0.5) is 5.69 Å². The minimum absolute atomic E-state index is 0.141. The topological polar surface area (TPSA) is 104 Å². The second-order valence-corrected chi connectivity index (χ2v) is 6.06. The van der Waals surface area contributed by atoms with Gasteiger partial charge in [0, 0.05) is 18.9 Å². The summed E-state index contributed by atoms with van der Waals surface area (Å²) in [6.07, 6.45) is 3.60. The zero-order chi connectivity index (χ0) is 17.3. The van der Waals surface area contributed by atoms with Gasteiger partial charge in [-0.2, -0.15) is 0 Å². The summed E-state index contributed by atoms with van der Waals surface area (Å²) >= 11 is 1.13. The Morgan fingerprint density at radius 2 is 2.17 bits per heavy atom. The number of amidine groups is 1. The van der Waals surface area contributed by atoms with E-state index >= 15 is 0 Å². The standard InChI is InChI=1S/C16H13N3O4S/c1-19-6-2-3-9(19)7-13-14(21)18-16(24-13)17-12-5-4-10(20)8-11(12)15(22)23/h2-8,20H,1H3,(H,22,23)(H,17,18,21)/b13-7-. The first-order valence-electron chi connectivity index (χ1n) is 6.91. The molecular formula is C16H13N3O4S. The molecule has 2 aromatic rings. The molecule has 7 nitrogen and oxygen atoms in total. The maximum atomic E-state index is 12.0. The summed E-state index contributed by atoms with van der Waals surface area (Å²) in [7, 11) is 1.87. The summed E-state index contributed by atoms with van der Waals surface area (Å²) < 4.78 is 1.87. The number of carboxylic acid groups (broad SMARTS) is 1. The highest BCUT2D eigenvalue weighted by molar-refractivity contribution is 8.18. The van der Waals surface area contributed by atoms with Crippen molar-refractivity contribution >= 4 is 40.6 Å². The average Bonchev–Trinajstić information content (AvgIpc) is 3.08. The van der Waals surface area contributed by atoms with Gasteiger partial charge in [-0.1, -0.05) is 0 Å². The van der Waals surface area contributed by atoms with Gasteiger partial charge in [0.25, 0.3) is 5.91 Å². The minimum Gasteiger partial charge on any atom is -0.508 e.